The average molecular weight is 305 g/mol. The molecule has 0 saturated heterocycles. The molecule has 3 rings (SSSR count). The number of aldehydes is 1. The average Bonchev–Trinajstić information content (AvgIpc) is 2.88. The third-order valence-corrected chi connectivity index (χ3v) is 7.07. The Balaban J connectivity index is 2.15. The second-order valence-corrected chi connectivity index (χ2v) is 7.69. The highest BCUT2D eigenvalue weighted by Gasteiger charge is 2.67. The van der Waals surface area contributed by atoms with Gasteiger partial charge in [0.15, 0.2) is 0 Å². The molecule has 0 heterocycles. The van der Waals surface area contributed by atoms with E-state index in [2.05, 4.69) is 26.1 Å². The molecular weight excluding hydrogens is 278 g/mol. The summed E-state index contributed by atoms with van der Waals surface area (Å²) >= 11 is 0. The monoisotopic (exact) mass is 305 g/mol. The Labute approximate surface area is 132 Å². The summed E-state index contributed by atoms with van der Waals surface area (Å²) in [6, 6.07) is 0. The van der Waals surface area contributed by atoms with Gasteiger partial charge in [-0.3, -0.25) is 0 Å². The summed E-state index contributed by atoms with van der Waals surface area (Å²) in [7, 11) is 0. The molecule has 1 spiro atoms. The van der Waals surface area contributed by atoms with Crippen LogP contribution in [0, 0.1) is 28.6 Å². The molecule has 0 aromatic carbocycles. The highest BCUT2D eigenvalue weighted by atomic mass is 16.4. The Bertz CT molecular complexity index is 540. The second kappa shape index (κ2) is 5.19. The number of nitrogens with one attached hydrogen (secondary N) is 1. The van der Waals surface area contributed by atoms with Crippen molar-refractivity contribution in [3.05, 3.63) is 11.1 Å². The number of allylic oxidation sites excluding steroid dienone is 1. The van der Waals surface area contributed by atoms with Crippen molar-refractivity contribution in [1.82, 2.24) is 5.32 Å². The first-order valence-corrected chi connectivity index (χ1v) is 8.55. The molecule has 0 radical (unpaired) electrons. The third kappa shape index (κ3) is 1.73. The highest BCUT2D eigenvalue weighted by Crippen LogP contribution is 2.73. The van der Waals surface area contributed by atoms with E-state index in [-0.39, 0.29) is 10.8 Å². The van der Waals surface area contributed by atoms with Gasteiger partial charge >= 0.3 is 5.97 Å². The van der Waals surface area contributed by atoms with E-state index < -0.39 is 11.9 Å². The van der Waals surface area contributed by atoms with Gasteiger partial charge in [0.25, 0.3) is 0 Å². The van der Waals surface area contributed by atoms with Crippen LogP contribution in [-0.2, 0) is 9.59 Å². The Kier molecular flexibility index (Phi) is 3.71. The van der Waals surface area contributed by atoms with E-state index in [1.54, 1.807) is 0 Å². The Morgan fingerprint density at radius 2 is 2.18 bits per heavy atom. The molecule has 4 heteroatoms. The van der Waals surface area contributed by atoms with Gasteiger partial charge in [-0.2, -0.15) is 0 Å². The van der Waals surface area contributed by atoms with Gasteiger partial charge in [-0.15, -0.1) is 0 Å². The number of hydrogen-bond donors (Lipinski definition) is 2. The third-order valence-electron chi connectivity index (χ3n) is 7.07. The van der Waals surface area contributed by atoms with Crippen molar-refractivity contribution in [2.24, 2.45) is 28.6 Å². The van der Waals surface area contributed by atoms with Gasteiger partial charge in [0.1, 0.15) is 6.29 Å². The van der Waals surface area contributed by atoms with Crippen LogP contribution in [0.1, 0.15) is 46.5 Å². The number of rotatable bonds is 5. The van der Waals surface area contributed by atoms with Crippen LogP contribution in [0.4, 0.5) is 0 Å². The quantitative estimate of drug-likeness (QED) is 0.766. The zero-order chi connectivity index (χ0) is 16.1. The van der Waals surface area contributed by atoms with Crippen LogP contribution in [0.3, 0.4) is 0 Å². The van der Waals surface area contributed by atoms with Crippen LogP contribution < -0.4 is 5.32 Å². The molecule has 2 saturated carbocycles. The summed E-state index contributed by atoms with van der Waals surface area (Å²) in [5.74, 6) is -0.312. The number of carbonyl (C=O) groups is 2. The van der Waals surface area contributed by atoms with E-state index in [9.17, 15) is 14.7 Å². The van der Waals surface area contributed by atoms with Crippen molar-refractivity contribution in [2.45, 2.75) is 46.5 Å². The van der Waals surface area contributed by atoms with Crippen LogP contribution in [0.2, 0.25) is 0 Å². The first kappa shape index (κ1) is 15.7. The minimum absolute atomic E-state index is 0.0640. The first-order valence-electron chi connectivity index (χ1n) is 8.55. The molecule has 3 aliphatic carbocycles. The molecular formula is C18H27NO3. The molecule has 0 amide bonds. The Morgan fingerprint density at radius 3 is 2.77 bits per heavy atom. The summed E-state index contributed by atoms with van der Waals surface area (Å²) in [6.07, 6.45) is 4.76. The van der Waals surface area contributed by atoms with E-state index >= 15 is 0 Å². The van der Waals surface area contributed by atoms with Crippen molar-refractivity contribution < 1.29 is 14.7 Å². The maximum Gasteiger partial charge on any atom is 0.332 e. The van der Waals surface area contributed by atoms with Crippen LogP contribution in [-0.4, -0.2) is 30.5 Å². The molecule has 22 heavy (non-hydrogen) atoms. The van der Waals surface area contributed by atoms with Gasteiger partial charge in [0.05, 0.1) is 0 Å². The largest absolute Gasteiger partial charge is 0.478 e. The standard InChI is InChI=1S/C18H27NO3/c1-4-19-10-17(3)13-6-5-11(2)18(17)8-12(9-20)15(16(21)22)14(18)7-13/h9,11-13,19H,4-8,10H2,1-3H3,(H,21,22)/t11-,12-,13-,17-,18+/m1/s1. The number of carboxylic acid groups (broad SMARTS) is 1. The SMILES string of the molecule is CCNC[C@]1(C)[C@@H]2CC[C@@H](C)[C@]13C[C@H](C=O)C(C(=O)O)=C3C2. The van der Waals surface area contributed by atoms with Crippen LogP contribution in [0.15, 0.2) is 11.1 Å². The lowest BCUT2D eigenvalue weighted by Gasteiger charge is -2.53. The molecule has 2 N–H and O–H groups in total. The molecule has 3 aliphatic rings. The van der Waals surface area contributed by atoms with Crippen LogP contribution in [0.5, 0.6) is 0 Å². The van der Waals surface area contributed by atoms with Gasteiger partial charge in [-0.25, -0.2) is 4.79 Å². The summed E-state index contributed by atoms with van der Waals surface area (Å²) in [6.45, 7) is 8.54. The number of fused-ring (bicyclic) bond motifs is 1. The maximum atomic E-state index is 11.8. The number of aliphatic carboxylic acids is 1. The predicted molar refractivity (Wildman–Crippen MR) is 84.4 cm³/mol. The zero-order valence-corrected chi connectivity index (χ0v) is 13.8. The van der Waals surface area contributed by atoms with Crippen molar-refractivity contribution in [3.8, 4) is 0 Å². The molecule has 2 bridgehead atoms. The summed E-state index contributed by atoms with van der Waals surface area (Å²) in [5.41, 5.74) is 1.49. The van der Waals surface area contributed by atoms with Crippen molar-refractivity contribution in [2.75, 3.05) is 13.1 Å². The minimum Gasteiger partial charge on any atom is -0.478 e. The lowest BCUT2D eigenvalue weighted by atomic mass is 9.51. The number of carbonyl (C=O) groups excluding carboxylic acids is 1. The van der Waals surface area contributed by atoms with E-state index in [0.29, 0.717) is 23.8 Å². The predicted octanol–water partition coefficient (Wildman–Crippen LogP) is 2.64. The van der Waals surface area contributed by atoms with E-state index in [1.165, 1.54) is 6.42 Å². The van der Waals surface area contributed by atoms with Crippen molar-refractivity contribution in [1.29, 1.82) is 0 Å². The zero-order valence-electron chi connectivity index (χ0n) is 13.8. The minimum atomic E-state index is -0.880. The molecule has 0 aliphatic heterocycles. The molecule has 2 fully saturated rings. The van der Waals surface area contributed by atoms with Gasteiger partial charge in [0, 0.05) is 23.5 Å². The molecule has 5 atom stereocenters. The second-order valence-electron chi connectivity index (χ2n) is 7.69. The maximum absolute atomic E-state index is 11.8. The smallest absolute Gasteiger partial charge is 0.332 e. The van der Waals surface area contributed by atoms with Crippen LogP contribution >= 0.6 is 0 Å². The van der Waals surface area contributed by atoms with Crippen molar-refractivity contribution >= 4 is 12.3 Å². The number of hydrogen-bond acceptors (Lipinski definition) is 3. The molecule has 0 unspecified atom stereocenters. The summed E-state index contributed by atoms with van der Waals surface area (Å²) in [4.78, 5) is 23.3. The molecule has 122 valence electrons. The van der Waals surface area contributed by atoms with Crippen LogP contribution in [0.25, 0.3) is 0 Å². The fraction of sp³-hybridized carbons (Fsp3) is 0.778. The van der Waals surface area contributed by atoms with E-state index in [4.69, 9.17) is 0 Å². The topological polar surface area (TPSA) is 66.4 Å². The Hall–Kier alpha value is -1.16. The van der Waals surface area contributed by atoms with Gasteiger partial charge in [-0.1, -0.05) is 26.3 Å². The highest BCUT2D eigenvalue weighted by molar-refractivity contribution is 5.94. The normalized spacial score (nSPS) is 43.3. The van der Waals surface area contributed by atoms with Gasteiger partial charge in [0.2, 0.25) is 0 Å². The number of carboxylic acids is 1. The molecule has 0 aromatic rings. The fourth-order valence-electron chi connectivity index (χ4n) is 6.01. The molecule has 0 aromatic heterocycles. The fourth-order valence-corrected chi connectivity index (χ4v) is 6.01. The summed E-state index contributed by atoms with van der Waals surface area (Å²) < 4.78 is 0. The van der Waals surface area contributed by atoms with Gasteiger partial charge in [-0.05, 0) is 49.5 Å². The summed E-state index contributed by atoms with van der Waals surface area (Å²) in [5, 5.41) is 13.2. The van der Waals surface area contributed by atoms with E-state index in [1.807, 2.05) is 0 Å². The van der Waals surface area contributed by atoms with Gasteiger partial charge < -0.3 is 15.2 Å². The first-order chi connectivity index (χ1) is 10.4. The lowest BCUT2D eigenvalue weighted by Crippen LogP contribution is -2.52. The Morgan fingerprint density at radius 1 is 1.45 bits per heavy atom. The van der Waals surface area contributed by atoms with E-state index in [0.717, 1.165) is 37.8 Å². The lowest BCUT2D eigenvalue weighted by molar-refractivity contribution is -0.134. The molecule has 4 nitrogen and oxygen atoms in total. The van der Waals surface area contributed by atoms with Crippen molar-refractivity contribution in [3.63, 3.8) is 0 Å².